The third-order valence-electron chi connectivity index (χ3n) is 3.01. The number of carbonyl (C=O) groups is 1. The Kier molecular flexibility index (Phi) is 6.68. The van der Waals surface area contributed by atoms with Crippen LogP contribution < -0.4 is 5.32 Å². The molecule has 3 nitrogen and oxygen atoms in total. The number of rotatable bonds is 4. The van der Waals surface area contributed by atoms with Crippen LogP contribution in [-0.4, -0.2) is 35.3 Å². The molecule has 1 heterocycles. The molecular weight excluding hydrogens is 316 g/mol. The molecule has 1 aliphatic heterocycles. The van der Waals surface area contributed by atoms with Gasteiger partial charge in [0.25, 0.3) is 0 Å². The van der Waals surface area contributed by atoms with Crippen LogP contribution in [0.2, 0.25) is 0 Å². The fourth-order valence-electron chi connectivity index (χ4n) is 2.20. The highest BCUT2D eigenvalue weighted by atomic mass is 79.9. The number of amides is 1. The Morgan fingerprint density at radius 1 is 1.39 bits per heavy atom. The summed E-state index contributed by atoms with van der Waals surface area (Å²) in [6, 6.07) is 10.8. The molecule has 1 aromatic carbocycles. The molecule has 0 bridgehead atoms. The van der Waals surface area contributed by atoms with Gasteiger partial charge < -0.3 is 5.32 Å². The highest BCUT2D eigenvalue weighted by Gasteiger charge is 2.23. The summed E-state index contributed by atoms with van der Waals surface area (Å²) in [5, 5.41) is 3.41. The van der Waals surface area contributed by atoms with Crippen LogP contribution in [0.5, 0.6) is 0 Å². The van der Waals surface area contributed by atoms with Crippen LogP contribution >= 0.6 is 28.3 Å². The number of nitrogens with one attached hydrogen (secondary N) is 1. The number of hydrogen-bond acceptors (Lipinski definition) is 2. The molecule has 1 fully saturated rings. The zero-order valence-corrected chi connectivity index (χ0v) is 12.5. The van der Waals surface area contributed by atoms with Crippen LogP contribution in [0.1, 0.15) is 12.0 Å². The Balaban J connectivity index is 0.00000162. The lowest BCUT2D eigenvalue weighted by molar-refractivity contribution is -0.119. The normalized spacial score (nSPS) is 19.3. The van der Waals surface area contributed by atoms with Crippen molar-refractivity contribution in [1.29, 1.82) is 0 Å². The smallest absolute Gasteiger partial charge is 0.230 e. The zero-order chi connectivity index (χ0) is 12.1. The quantitative estimate of drug-likeness (QED) is 0.857. The first-order chi connectivity index (χ1) is 8.28. The Labute approximate surface area is 122 Å². The van der Waals surface area contributed by atoms with Gasteiger partial charge in [-0.1, -0.05) is 46.3 Å². The minimum Gasteiger partial charge on any atom is -0.351 e. The van der Waals surface area contributed by atoms with E-state index in [0.29, 0.717) is 11.4 Å². The summed E-state index contributed by atoms with van der Waals surface area (Å²) in [7, 11) is 0. The summed E-state index contributed by atoms with van der Waals surface area (Å²) in [6.45, 7) is 2.98. The van der Waals surface area contributed by atoms with E-state index in [4.69, 9.17) is 0 Å². The van der Waals surface area contributed by atoms with Gasteiger partial charge in [-0.3, -0.25) is 9.69 Å². The Hall–Kier alpha value is -0.580. The van der Waals surface area contributed by atoms with Crippen molar-refractivity contribution in [2.75, 3.05) is 18.4 Å². The molecule has 100 valence electrons. The molecule has 1 saturated heterocycles. The van der Waals surface area contributed by atoms with Gasteiger partial charge in [-0.25, -0.2) is 0 Å². The highest BCUT2D eigenvalue weighted by Crippen LogP contribution is 2.13. The van der Waals surface area contributed by atoms with Crippen molar-refractivity contribution in [3.05, 3.63) is 35.9 Å². The van der Waals surface area contributed by atoms with E-state index in [0.717, 1.165) is 26.1 Å². The van der Waals surface area contributed by atoms with Gasteiger partial charge in [0.05, 0.1) is 5.33 Å². The first kappa shape index (κ1) is 15.5. The van der Waals surface area contributed by atoms with Gasteiger partial charge in [0.1, 0.15) is 0 Å². The van der Waals surface area contributed by atoms with Gasteiger partial charge >= 0.3 is 0 Å². The van der Waals surface area contributed by atoms with Crippen molar-refractivity contribution in [1.82, 2.24) is 10.2 Å². The molecule has 0 aromatic heterocycles. The molecule has 0 saturated carbocycles. The average molecular weight is 334 g/mol. The summed E-state index contributed by atoms with van der Waals surface area (Å²) < 4.78 is 0. The van der Waals surface area contributed by atoms with E-state index >= 15 is 0 Å². The van der Waals surface area contributed by atoms with E-state index < -0.39 is 0 Å². The van der Waals surface area contributed by atoms with Crippen molar-refractivity contribution in [3.63, 3.8) is 0 Å². The van der Waals surface area contributed by atoms with Crippen molar-refractivity contribution in [2.45, 2.75) is 19.0 Å². The first-order valence-corrected chi connectivity index (χ1v) is 7.01. The fraction of sp³-hybridized carbons (Fsp3) is 0.462. The van der Waals surface area contributed by atoms with Crippen LogP contribution in [0.4, 0.5) is 0 Å². The third kappa shape index (κ3) is 4.59. The van der Waals surface area contributed by atoms with Gasteiger partial charge in [-0.15, -0.1) is 12.4 Å². The molecule has 5 heteroatoms. The standard InChI is InChI=1S/C13H17BrN2O.ClH/c14-8-13(17)15-12-6-7-16(10-12)9-11-4-2-1-3-5-11;/h1-5,12H,6-10H2,(H,15,17);1H/t12-;/m1./s1. The van der Waals surface area contributed by atoms with Crippen LogP contribution in [0.3, 0.4) is 0 Å². The van der Waals surface area contributed by atoms with Gasteiger partial charge in [0.2, 0.25) is 5.91 Å². The number of likely N-dealkylation sites (tertiary alicyclic amines) is 1. The van der Waals surface area contributed by atoms with Gasteiger partial charge in [-0.05, 0) is 12.0 Å². The van der Waals surface area contributed by atoms with Crippen LogP contribution in [-0.2, 0) is 11.3 Å². The maximum Gasteiger partial charge on any atom is 0.230 e. The van der Waals surface area contributed by atoms with Gasteiger partial charge in [-0.2, -0.15) is 0 Å². The van der Waals surface area contributed by atoms with Crippen molar-refractivity contribution in [2.24, 2.45) is 0 Å². The lowest BCUT2D eigenvalue weighted by atomic mass is 10.2. The van der Waals surface area contributed by atoms with Crippen molar-refractivity contribution in [3.8, 4) is 0 Å². The van der Waals surface area contributed by atoms with Crippen LogP contribution in [0, 0.1) is 0 Å². The number of carbonyl (C=O) groups excluding carboxylic acids is 1. The molecular formula is C13H18BrClN2O. The molecule has 2 rings (SSSR count). The largest absolute Gasteiger partial charge is 0.351 e. The number of nitrogens with zero attached hydrogens (tertiary/aromatic N) is 1. The molecule has 0 unspecified atom stereocenters. The van der Waals surface area contributed by atoms with E-state index in [1.165, 1.54) is 5.56 Å². The minimum atomic E-state index is 0. The lowest BCUT2D eigenvalue weighted by Gasteiger charge is -2.16. The Morgan fingerprint density at radius 2 is 2.11 bits per heavy atom. The van der Waals surface area contributed by atoms with E-state index in [-0.39, 0.29) is 18.3 Å². The predicted molar refractivity (Wildman–Crippen MR) is 79.3 cm³/mol. The minimum absolute atomic E-state index is 0. The van der Waals surface area contributed by atoms with Gasteiger partial charge in [0, 0.05) is 25.7 Å². The molecule has 0 radical (unpaired) electrons. The fourth-order valence-corrected chi connectivity index (χ4v) is 2.36. The summed E-state index contributed by atoms with van der Waals surface area (Å²) in [6.07, 6.45) is 1.05. The molecule has 1 atom stereocenters. The average Bonchev–Trinajstić information content (AvgIpc) is 2.77. The second-order valence-electron chi connectivity index (χ2n) is 4.41. The second kappa shape index (κ2) is 7.77. The van der Waals surface area contributed by atoms with Crippen LogP contribution in [0.25, 0.3) is 0 Å². The summed E-state index contributed by atoms with van der Waals surface area (Å²) >= 11 is 3.17. The highest BCUT2D eigenvalue weighted by molar-refractivity contribution is 9.09. The topological polar surface area (TPSA) is 32.3 Å². The van der Waals surface area contributed by atoms with E-state index in [1.807, 2.05) is 6.07 Å². The number of benzene rings is 1. The number of alkyl halides is 1. The van der Waals surface area contributed by atoms with E-state index in [9.17, 15) is 4.79 Å². The van der Waals surface area contributed by atoms with Crippen LogP contribution in [0.15, 0.2) is 30.3 Å². The molecule has 0 spiro atoms. The molecule has 1 aliphatic rings. The zero-order valence-electron chi connectivity index (χ0n) is 10.1. The maximum absolute atomic E-state index is 11.3. The molecule has 18 heavy (non-hydrogen) atoms. The molecule has 1 amide bonds. The second-order valence-corrected chi connectivity index (χ2v) is 4.97. The first-order valence-electron chi connectivity index (χ1n) is 5.89. The van der Waals surface area contributed by atoms with Gasteiger partial charge in [0.15, 0.2) is 0 Å². The van der Waals surface area contributed by atoms with E-state index in [1.54, 1.807) is 0 Å². The Morgan fingerprint density at radius 3 is 2.78 bits per heavy atom. The van der Waals surface area contributed by atoms with E-state index in [2.05, 4.69) is 50.4 Å². The number of hydrogen-bond donors (Lipinski definition) is 1. The summed E-state index contributed by atoms with van der Waals surface area (Å²) in [5.41, 5.74) is 1.33. The van der Waals surface area contributed by atoms with Crippen molar-refractivity contribution < 1.29 is 4.79 Å². The van der Waals surface area contributed by atoms with Crippen molar-refractivity contribution >= 4 is 34.2 Å². The third-order valence-corrected chi connectivity index (χ3v) is 3.52. The SMILES string of the molecule is Cl.O=C(CBr)N[C@@H]1CCN(Cc2ccccc2)C1. The Bertz CT molecular complexity index is 375. The maximum atomic E-state index is 11.3. The monoisotopic (exact) mass is 332 g/mol. The molecule has 1 aromatic rings. The summed E-state index contributed by atoms with van der Waals surface area (Å²) in [4.78, 5) is 13.6. The number of halogens is 2. The lowest BCUT2D eigenvalue weighted by Crippen LogP contribution is -2.37. The molecule has 1 N–H and O–H groups in total. The predicted octanol–water partition coefficient (Wildman–Crippen LogP) is 2.19. The summed E-state index contributed by atoms with van der Waals surface area (Å²) in [5.74, 6) is 0.0801. The molecule has 0 aliphatic carbocycles.